The Morgan fingerprint density at radius 1 is 1.00 bits per heavy atom. The van der Waals surface area contributed by atoms with Crippen LogP contribution in [0.25, 0.3) is 0 Å². The summed E-state index contributed by atoms with van der Waals surface area (Å²) in [5.41, 5.74) is 1.19. The molecule has 0 spiro atoms. The van der Waals surface area contributed by atoms with Gasteiger partial charge in [0.15, 0.2) is 11.7 Å². The Morgan fingerprint density at radius 3 is 1.94 bits per heavy atom. The van der Waals surface area contributed by atoms with Gasteiger partial charge in [0, 0.05) is 0 Å². The Bertz CT molecular complexity index is 294. The second-order valence-electron chi connectivity index (χ2n) is 4.44. The van der Waals surface area contributed by atoms with Crippen molar-refractivity contribution in [2.45, 2.75) is 41.0 Å². The van der Waals surface area contributed by atoms with Crippen LogP contribution in [0.4, 0.5) is 8.78 Å². The molecule has 0 bridgehead atoms. The minimum absolute atomic E-state index is 0.00842. The first-order valence-corrected chi connectivity index (χ1v) is 5.76. The quantitative estimate of drug-likeness (QED) is 0.440. The van der Waals surface area contributed by atoms with Crippen molar-refractivity contribution in [2.24, 2.45) is 11.8 Å². The van der Waals surface area contributed by atoms with Crippen LogP contribution in [0.1, 0.15) is 41.0 Å². The SMILES string of the molecule is CC/C=C(F)\C(F)=C/C(C)C(C)C=C(C)C. The van der Waals surface area contributed by atoms with E-state index in [9.17, 15) is 8.78 Å². The number of halogens is 2. The van der Waals surface area contributed by atoms with E-state index in [4.69, 9.17) is 0 Å². The molecule has 0 saturated carbocycles. The molecule has 0 aliphatic carbocycles. The van der Waals surface area contributed by atoms with Crippen LogP contribution in [0.15, 0.2) is 35.5 Å². The number of hydrogen-bond acceptors (Lipinski definition) is 0. The third kappa shape index (κ3) is 5.84. The monoisotopic (exact) mass is 228 g/mol. The van der Waals surface area contributed by atoms with E-state index < -0.39 is 11.7 Å². The zero-order valence-corrected chi connectivity index (χ0v) is 10.8. The fourth-order valence-electron chi connectivity index (χ4n) is 1.42. The van der Waals surface area contributed by atoms with Crippen LogP contribution in [0, 0.1) is 11.8 Å². The summed E-state index contributed by atoms with van der Waals surface area (Å²) in [7, 11) is 0. The van der Waals surface area contributed by atoms with E-state index >= 15 is 0 Å². The van der Waals surface area contributed by atoms with E-state index in [-0.39, 0.29) is 11.8 Å². The summed E-state index contributed by atoms with van der Waals surface area (Å²) >= 11 is 0. The molecule has 0 radical (unpaired) electrons. The van der Waals surface area contributed by atoms with Gasteiger partial charge in [0.05, 0.1) is 0 Å². The standard InChI is InChI=1S/C14H22F2/c1-6-7-13(15)14(16)9-12(5)11(4)8-10(2)3/h7-9,11-12H,6H2,1-5H3/b13-7+,14-9+. The summed E-state index contributed by atoms with van der Waals surface area (Å²) in [6.07, 6.45) is 5.18. The van der Waals surface area contributed by atoms with Crippen molar-refractivity contribution in [3.63, 3.8) is 0 Å². The van der Waals surface area contributed by atoms with Crippen LogP contribution >= 0.6 is 0 Å². The zero-order valence-electron chi connectivity index (χ0n) is 10.8. The van der Waals surface area contributed by atoms with Gasteiger partial charge in [-0.15, -0.1) is 0 Å². The second-order valence-corrected chi connectivity index (χ2v) is 4.44. The molecule has 0 aliphatic rings. The minimum atomic E-state index is -0.751. The van der Waals surface area contributed by atoms with Gasteiger partial charge in [0.25, 0.3) is 0 Å². The predicted octanol–water partition coefficient (Wildman–Crippen LogP) is 5.34. The van der Waals surface area contributed by atoms with E-state index in [1.165, 1.54) is 17.7 Å². The lowest BCUT2D eigenvalue weighted by atomic mass is 9.93. The smallest absolute Gasteiger partial charge is 0.154 e. The van der Waals surface area contributed by atoms with Crippen molar-refractivity contribution in [2.75, 3.05) is 0 Å². The molecule has 0 heterocycles. The van der Waals surface area contributed by atoms with Crippen LogP contribution in [0.3, 0.4) is 0 Å². The molecule has 0 saturated heterocycles. The maximum Gasteiger partial charge on any atom is 0.154 e. The first-order valence-electron chi connectivity index (χ1n) is 5.76. The molecule has 2 heteroatoms. The van der Waals surface area contributed by atoms with Gasteiger partial charge >= 0.3 is 0 Å². The fourth-order valence-corrected chi connectivity index (χ4v) is 1.42. The lowest BCUT2D eigenvalue weighted by Crippen LogP contribution is -2.03. The van der Waals surface area contributed by atoms with Gasteiger partial charge in [-0.3, -0.25) is 0 Å². The molecule has 0 aromatic carbocycles. The molecule has 0 amide bonds. The Morgan fingerprint density at radius 2 is 1.50 bits per heavy atom. The molecule has 0 aliphatic heterocycles. The summed E-state index contributed by atoms with van der Waals surface area (Å²) in [6, 6.07) is 0. The van der Waals surface area contributed by atoms with Crippen LogP contribution in [-0.4, -0.2) is 0 Å². The summed E-state index contributed by atoms with van der Waals surface area (Å²) < 4.78 is 26.4. The van der Waals surface area contributed by atoms with Gasteiger partial charge in [-0.25, -0.2) is 8.78 Å². The van der Waals surface area contributed by atoms with E-state index in [1.54, 1.807) is 6.92 Å². The molecule has 0 nitrogen and oxygen atoms in total. The first-order chi connectivity index (χ1) is 7.38. The average Bonchev–Trinajstić information content (AvgIpc) is 2.16. The highest BCUT2D eigenvalue weighted by atomic mass is 19.2. The molecule has 0 N–H and O–H groups in total. The summed E-state index contributed by atoms with van der Waals surface area (Å²) in [5, 5.41) is 0. The van der Waals surface area contributed by atoms with Crippen LogP contribution in [0.2, 0.25) is 0 Å². The van der Waals surface area contributed by atoms with Crippen molar-refractivity contribution < 1.29 is 8.78 Å². The van der Waals surface area contributed by atoms with Crippen LogP contribution in [-0.2, 0) is 0 Å². The number of allylic oxidation sites excluding steroid dienone is 6. The van der Waals surface area contributed by atoms with E-state index in [2.05, 4.69) is 6.08 Å². The van der Waals surface area contributed by atoms with Gasteiger partial charge in [0.1, 0.15) is 0 Å². The molecule has 16 heavy (non-hydrogen) atoms. The van der Waals surface area contributed by atoms with Crippen molar-refractivity contribution >= 4 is 0 Å². The maximum absolute atomic E-state index is 13.3. The third-order valence-electron chi connectivity index (χ3n) is 2.45. The van der Waals surface area contributed by atoms with Crippen molar-refractivity contribution in [3.8, 4) is 0 Å². The molecular formula is C14H22F2. The Kier molecular flexibility index (Phi) is 6.95. The lowest BCUT2D eigenvalue weighted by molar-refractivity contribution is 0.502. The van der Waals surface area contributed by atoms with E-state index in [0.29, 0.717) is 6.42 Å². The normalized spacial score (nSPS) is 16.9. The summed E-state index contributed by atoms with van der Waals surface area (Å²) in [6.45, 7) is 9.68. The molecule has 0 aromatic heterocycles. The number of hydrogen-bond donors (Lipinski definition) is 0. The molecule has 2 atom stereocenters. The lowest BCUT2D eigenvalue weighted by Gasteiger charge is -2.13. The largest absolute Gasteiger partial charge is 0.204 e. The Labute approximate surface area is 97.7 Å². The molecule has 2 unspecified atom stereocenters. The van der Waals surface area contributed by atoms with Crippen LogP contribution in [0.5, 0.6) is 0 Å². The fraction of sp³-hybridized carbons (Fsp3) is 0.571. The number of rotatable bonds is 5. The molecule has 0 aromatic rings. The topological polar surface area (TPSA) is 0 Å². The van der Waals surface area contributed by atoms with Gasteiger partial charge in [-0.05, 0) is 44.3 Å². The predicted molar refractivity (Wildman–Crippen MR) is 66.4 cm³/mol. The molecule has 0 fully saturated rings. The summed E-state index contributed by atoms with van der Waals surface area (Å²) in [5.74, 6) is -1.29. The second kappa shape index (κ2) is 7.37. The molecule has 92 valence electrons. The van der Waals surface area contributed by atoms with Crippen molar-refractivity contribution in [1.29, 1.82) is 0 Å². The van der Waals surface area contributed by atoms with E-state index in [0.717, 1.165) is 0 Å². The maximum atomic E-state index is 13.3. The first kappa shape index (κ1) is 15.1. The Balaban J connectivity index is 4.64. The Hall–Kier alpha value is -0.920. The minimum Gasteiger partial charge on any atom is -0.204 e. The third-order valence-corrected chi connectivity index (χ3v) is 2.45. The van der Waals surface area contributed by atoms with E-state index in [1.807, 2.05) is 27.7 Å². The molecular weight excluding hydrogens is 206 g/mol. The van der Waals surface area contributed by atoms with Gasteiger partial charge in [-0.1, -0.05) is 32.4 Å². The highest BCUT2D eigenvalue weighted by molar-refractivity contribution is 5.19. The van der Waals surface area contributed by atoms with Gasteiger partial charge in [-0.2, -0.15) is 0 Å². The van der Waals surface area contributed by atoms with Gasteiger partial charge < -0.3 is 0 Å². The van der Waals surface area contributed by atoms with Gasteiger partial charge in [0.2, 0.25) is 0 Å². The molecule has 0 rings (SSSR count). The average molecular weight is 228 g/mol. The summed E-state index contributed by atoms with van der Waals surface area (Å²) in [4.78, 5) is 0. The van der Waals surface area contributed by atoms with Crippen LogP contribution < -0.4 is 0 Å². The van der Waals surface area contributed by atoms with Crippen molar-refractivity contribution in [1.82, 2.24) is 0 Å². The highest BCUT2D eigenvalue weighted by Gasteiger charge is 2.10. The van der Waals surface area contributed by atoms with Crippen molar-refractivity contribution in [3.05, 3.63) is 35.5 Å². The highest BCUT2D eigenvalue weighted by Crippen LogP contribution is 2.22. The zero-order chi connectivity index (χ0) is 12.7.